The molecule has 2 aromatic carbocycles. The Bertz CT molecular complexity index is 555. The van der Waals surface area contributed by atoms with Crippen LogP contribution >= 0.6 is 0 Å². The van der Waals surface area contributed by atoms with Gasteiger partial charge in [-0.25, -0.2) is 8.78 Å². The molecule has 0 bridgehead atoms. The third-order valence-electron chi connectivity index (χ3n) is 2.52. The minimum absolute atomic E-state index is 0.0889. The lowest BCUT2D eigenvalue weighted by atomic mass is 10.1. The summed E-state index contributed by atoms with van der Waals surface area (Å²) in [6, 6.07) is 9.62. The zero-order chi connectivity index (χ0) is 13.1. The van der Waals surface area contributed by atoms with Crippen molar-refractivity contribution in [1.29, 1.82) is 0 Å². The van der Waals surface area contributed by atoms with Crippen LogP contribution in [0.5, 0.6) is 11.5 Å². The molecular formula is C14H13F2NO. The largest absolute Gasteiger partial charge is 0.454 e. The standard InChI is InChI=1S/C14H13F2NO/c1-9(17)11-8-10(15)6-7-13(11)18-14-5-3-2-4-12(14)16/h2-9H,17H2,1H3/t9-/m1/s1. The summed E-state index contributed by atoms with van der Waals surface area (Å²) in [6.45, 7) is 1.71. The lowest BCUT2D eigenvalue weighted by Gasteiger charge is -2.14. The van der Waals surface area contributed by atoms with Gasteiger partial charge in [-0.2, -0.15) is 0 Å². The first kappa shape index (κ1) is 12.5. The van der Waals surface area contributed by atoms with E-state index in [1.165, 1.54) is 30.3 Å². The molecule has 0 radical (unpaired) electrons. The first-order valence-corrected chi connectivity index (χ1v) is 5.55. The minimum atomic E-state index is -0.475. The average Bonchev–Trinajstić information content (AvgIpc) is 2.34. The Hall–Kier alpha value is -1.94. The predicted molar refractivity (Wildman–Crippen MR) is 65.5 cm³/mol. The molecule has 0 heterocycles. The highest BCUT2D eigenvalue weighted by Gasteiger charge is 2.12. The van der Waals surface area contributed by atoms with E-state index in [2.05, 4.69) is 0 Å². The number of hydrogen-bond donors (Lipinski definition) is 1. The molecule has 0 saturated heterocycles. The van der Waals surface area contributed by atoms with Gasteiger partial charge in [0.05, 0.1) is 0 Å². The molecule has 0 aromatic heterocycles. The van der Waals surface area contributed by atoms with Crippen LogP contribution in [-0.4, -0.2) is 0 Å². The highest BCUT2D eigenvalue weighted by molar-refractivity contribution is 5.40. The average molecular weight is 249 g/mol. The van der Waals surface area contributed by atoms with Crippen molar-refractivity contribution in [2.75, 3.05) is 0 Å². The van der Waals surface area contributed by atoms with E-state index in [4.69, 9.17) is 10.5 Å². The Balaban J connectivity index is 2.37. The fourth-order valence-electron chi connectivity index (χ4n) is 1.61. The van der Waals surface area contributed by atoms with E-state index in [1.54, 1.807) is 19.1 Å². The van der Waals surface area contributed by atoms with Crippen LogP contribution in [0.4, 0.5) is 8.78 Å². The van der Waals surface area contributed by atoms with Crippen LogP contribution in [-0.2, 0) is 0 Å². The second-order valence-corrected chi connectivity index (χ2v) is 4.00. The fourth-order valence-corrected chi connectivity index (χ4v) is 1.61. The second kappa shape index (κ2) is 5.14. The summed E-state index contributed by atoms with van der Waals surface area (Å²) in [4.78, 5) is 0. The van der Waals surface area contributed by atoms with Crippen molar-refractivity contribution in [3.8, 4) is 11.5 Å². The summed E-state index contributed by atoms with van der Waals surface area (Å²) in [6.07, 6.45) is 0. The molecule has 18 heavy (non-hydrogen) atoms. The molecule has 0 spiro atoms. The fraction of sp³-hybridized carbons (Fsp3) is 0.143. The quantitative estimate of drug-likeness (QED) is 0.898. The number of para-hydroxylation sites is 1. The number of nitrogens with two attached hydrogens (primary N) is 1. The Morgan fingerprint density at radius 2 is 1.78 bits per heavy atom. The molecule has 0 saturated carbocycles. The molecule has 2 aromatic rings. The first-order chi connectivity index (χ1) is 8.58. The molecular weight excluding hydrogens is 236 g/mol. The SMILES string of the molecule is C[C@@H](N)c1cc(F)ccc1Oc1ccccc1F. The third kappa shape index (κ3) is 2.65. The van der Waals surface area contributed by atoms with Crippen molar-refractivity contribution in [1.82, 2.24) is 0 Å². The van der Waals surface area contributed by atoms with Gasteiger partial charge in [-0.05, 0) is 37.3 Å². The topological polar surface area (TPSA) is 35.2 Å². The van der Waals surface area contributed by atoms with Gasteiger partial charge in [-0.3, -0.25) is 0 Å². The molecule has 0 aliphatic carbocycles. The summed E-state index contributed by atoms with van der Waals surface area (Å²) < 4.78 is 32.0. The third-order valence-corrected chi connectivity index (χ3v) is 2.52. The van der Waals surface area contributed by atoms with Crippen LogP contribution in [0.1, 0.15) is 18.5 Å². The van der Waals surface area contributed by atoms with Gasteiger partial charge in [-0.15, -0.1) is 0 Å². The van der Waals surface area contributed by atoms with Gasteiger partial charge < -0.3 is 10.5 Å². The molecule has 0 amide bonds. The van der Waals surface area contributed by atoms with Crippen LogP contribution in [0.2, 0.25) is 0 Å². The summed E-state index contributed by atoms with van der Waals surface area (Å²) in [5.41, 5.74) is 6.23. The van der Waals surface area contributed by atoms with Crippen molar-refractivity contribution < 1.29 is 13.5 Å². The van der Waals surface area contributed by atoms with Gasteiger partial charge >= 0.3 is 0 Å². The molecule has 0 fully saturated rings. The zero-order valence-electron chi connectivity index (χ0n) is 9.86. The van der Waals surface area contributed by atoms with Crippen LogP contribution < -0.4 is 10.5 Å². The summed E-state index contributed by atoms with van der Waals surface area (Å²) in [5.74, 6) is -0.428. The van der Waals surface area contributed by atoms with E-state index in [0.717, 1.165) is 0 Å². The molecule has 4 heteroatoms. The smallest absolute Gasteiger partial charge is 0.165 e. The Morgan fingerprint density at radius 1 is 1.06 bits per heavy atom. The maximum absolute atomic E-state index is 13.5. The Morgan fingerprint density at radius 3 is 2.44 bits per heavy atom. The molecule has 2 rings (SSSR count). The van der Waals surface area contributed by atoms with E-state index in [-0.39, 0.29) is 5.75 Å². The van der Waals surface area contributed by atoms with Crippen LogP contribution in [0, 0.1) is 11.6 Å². The maximum atomic E-state index is 13.5. The maximum Gasteiger partial charge on any atom is 0.165 e. The second-order valence-electron chi connectivity index (χ2n) is 4.00. The van der Waals surface area contributed by atoms with Crippen LogP contribution in [0.15, 0.2) is 42.5 Å². The van der Waals surface area contributed by atoms with Gasteiger partial charge in [0.15, 0.2) is 11.6 Å². The zero-order valence-corrected chi connectivity index (χ0v) is 9.86. The number of halogens is 2. The van der Waals surface area contributed by atoms with Crippen molar-refractivity contribution in [3.63, 3.8) is 0 Å². The van der Waals surface area contributed by atoms with Crippen molar-refractivity contribution in [3.05, 3.63) is 59.7 Å². The normalized spacial score (nSPS) is 12.2. The van der Waals surface area contributed by atoms with Gasteiger partial charge in [0.25, 0.3) is 0 Å². The van der Waals surface area contributed by atoms with E-state index in [9.17, 15) is 8.78 Å². The summed E-state index contributed by atoms with van der Waals surface area (Å²) >= 11 is 0. The van der Waals surface area contributed by atoms with Crippen molar-refractivity contribution >= 4 is 0 Å². The van der Waals surface area contributed by atoms with Gasteiger partial charge in [-0.1, -0.05) is 12.1 Å². The van der Waals surface area contributed by atoms with Crippen LogP contribution in [0.3, 0.4) is 0 Å². The van der Waals surface area contributed by atoms with E-state index < -0.39 is 17.7 Å². The molecule has 2 N–H and O–H groups in total. The first-order valence-electron chi connectivity index (χ1n) is 5.55. The number of hydrogen-bond acceptors (Lipinski definition) is 2. The lowest BCUT2D eigenvalue weighted by molar-refractivity contribution is 0.433. The van der Waals surface area contributed by atoms with E-state index in [0.29, 0.717) is 11.3 Å². The van der Waals surface area contributed by atoms with Gasteiger partial charge in [0, 0.05) is 11.6 Å². The minimum Gasteiger partial charge on any atom is -0.454 e. The Kier molecular flexibility index (Phi) is 3.58. The number of rotatable bonds is 3. The van der Waals surface area contributed by atoms with E-state index >= 15 is 0 Å². The van der Waals surface area contributed by atoms with Crippen molar-refractivity contribution in [2.45, 2.75) is 13.0 Å². The molecule has 0 aliphatic rings. The number of benzene rings is 2. The van der Waals surface area contributed by atoms with Crippen LogP contribution in [0.25, 0.3) is 0 Å². The van der Waals surface area contributed by atoms with Gasteiger partial charge in [0.1, 0.15) is 11.6 Å². The molecule has 0 aliphatic heterocycles. The highest BCUT2D eigenvalue weighted by atomic mass is 19.1. The van der Waals surface area contributed by atoms with Gasteiger partial charge in [0.2, 0.25) is 0 Å². The molecule has 94 valence electrons. The number of ether oxygens (including phenoxy) is 1. The summed E-state index contributed by atoms with van der Waals surface area (Å²) in [7, 11) is 0. The molecule has 2 nitrogen and oxygen atoms in total. The lowest BCUT2D eigenvalue weighted by Crippen LogP contribution is -2.07. The van der Waals surface area contributed by atoms with Crippen molar-refractivity contribution in [2.24, 2.45) is 5.73 Å². The Labute approximate surface area is 104 Å². The monoisotopic (exact) mass is 249 g/mol. The summed E-state index contributed by atoms with van der Waals surface area (Å²) in [5, 5.41) is 0. The molecule has 0 unspecified atom stereocenters. The molecule has 1 atom stereocenters. The van der Waals surface area contributed by atoms with E-state index in [1.807, 2.05) is 0 Å². The predicted octanol–water partition coefficient (Wildman–Crippen LogP) is 3.78. The highest BCUT2D eigenvalue weighted by Crippen LogP contribution is 2.30.